The zero-order valence-corrected chi connectivity index (χ0v) is 17.9. The lowest BCUT2D eigenvalue weighted by molar-refractivity contribution is -0.534. The molecule has 1 fully saturated rings. The van der Waals surface area contributed by atoms with Crippen molar-refractivity contribution >= 4 is 11.6 Å². The monoisotopic (exact) mass is 447 g/mol. The van der Waals surface area contributed by atoms with Crippen LogP contribution in [0.2, 0.25) is 0 Å². The summed E-state index contributed by atoms with van der Waals surface area (Å²) in [6.07, 6.45) is 0. The highest BCUT2D eigenvalue weighted by Crippen LogP contribution is 2.51. The molecule has 1 spiro atoms. The van der Waals surface area contributed by atoms with E-state index in [1.807, 2.05) is 0 Å². The van der Waals surface area contributed by atoms with Crippen molar-refractivity contribution in [2.24, 2.45) is 0 Å². The number of likely N-dealkylation sites (N-methyl/N-ethyl adjacent to an activating group) is 1. The molecule has 33 heavy (non-hydrogen) atoms. The van der Waals surface area contributed by atoms with E-state index in [4.69, 9.17) is 4.74 Å². The van der Waals surface area contributed by atoms with E-state index in [2.05, 4.69) is 5.32 Å². The largest absolute Gasteiger partial charge is 0.489 e. The fourth-order valence-corrected chi connectivity index (χ4v) is 5.17. The first kappa shape index (κ1) is 21.1. The lowest BCUT2D eigenvalue weighted by atomic mass is 9.79. The number of anilines is 1. The number of hydrogen-bond donors (Lipinski definition) is 1. The lowest BCUT2D eigenvalue weighted by Gasteiger charge is -2.30. The number of nitrogens with zero attached hydrogens (tertiary/aromatic N) is 2. The number of hydrogen-bond acceptors (Lipinski definition) is 5. The van der Waals surface area contributed by atoms with Crippen molar-refractivity contribution < 1.29 is 18.8 Å². The van der Waals surface area contributed by atoms with E-state index in [1.54, 1.807) is 78.7 Å². The van der Waals surface area contributed by atoms with Crippen molar-refractivity contribution in [3.63, 3.8) is 0 Å². The first-order chi connectivity index (χ1) is 15.9. The average Bonchev–Trinajstić information content (AvgIpc) is 3.29. The second-order valence-electron chi connectivity index (χ2n) is 8.43. The number of ether oxygens (including phenoxy) is 1. The van der Waals surface area contributed by atoms with Gasteiger partial charge in [0.25, 0.3) is 11.9 Å². The minimum atomic E-state index is -1.37. The summed E-state index contributed by atoms with van der Waals surface area (Å²) in [5, 5.41) is 15.2. The van der Waals surface area contributed by atoms with Gasteiger partial charge in [0.15, 0.2) is 5.54 Å². The molecule has 0 radical (unpaired) electrons. The van der Waals surface area contributed by atoms with Crippen molar-refractivity contribution in [2.45, 2.75) is 24.1 Å². The molecule has 2 heterocycles. The van der Waals surface area contributed by atoms with Gasteiger partial charge in [0.05, 0.1) is 5.92 Å². The van der Waals surface area contributed by atoms with Crippen molar-refractivity contribution in [2.75, 3.05) is 18.9 Å². The van der Waals surface area contributed by atoms with Crippen LogP contribution >= 0.6 is 0 Å². The summed E-state index contributed by atoms with van der Waals surface area (Å²) in [5.74, 6) is -0.676. The van der Waals surface area contributed by atoms with Crippen LogP contribution < -0.4 is 10.1 Å². The molecule has 0 bridgehead atoms. The van der Waals surface area contributed by atoms with Crippen molar-refractivity contribution in [1.29, 1.82) is 0 Å². The summed E-state index contributed by atoms with van der Waals surface area (Å²) < 4.78 is 19.5. The molecule has 0 unspecified atom stereocenters. The Morgan fingerprint density at radius 1 is 1.12 bits per heavy atom. The highest BCUT2D eigenvalue weighted by atomic mass is 19.1. The smallest absolute Gasteiger partial charge is 0.256 e. The number of rotatable bonds is 5. The Morgan fingerprint density at radius 2 is 1.82 bits per heavy atom. The third-order valence-electron chi connectivity index (χ3n) is 6.70. The lowest BCUT2D eigenvalue weighted by Crippen LogP contribution is -2.54. The molecular weight excluding hydrogens is 425 g/mol. The van der Waals surface area contributed by atoms with Gasteiger partial charge in [-0.05, 0) is 36.9 Å². The van der Waals surface area contributed by atoms with E-state index in [0.29, 0.717) is 29.1 Å². The minimum Gasteiger partial charge on any atom is -0.489 e. The van der Waals surface area contributed by atoms with Crippen LogP contribution in [0.1, 0.15) is 22.6 Å². The Labute approximate surface area is 189 Å². The van der Waals surface area contributed by atoms with Gasteiger partial charge < -0.3 is 10.1 Å². The van der Waals surface area contributed by atoms with Crippen molar-refractivity contribution in [3.05, 3.63) is 105 Å². The number of fused-ring (bicyclic) bond motifs is 2. The Balaban J connectivity index is 1.43. The van der Waals surface area contributed by atoms with Crippen LogP contribution in [0, 0.1) is 15.9 Å². The maximum Gasteiger partial charge on any atom is 0.256 e. The number of nitrogens with one attached hydrogen (secondary N) is 1. The Morgan fingerprint density at radius 3 is 2.55 bits per heavy atom. The second kappa shape index (κ2) is 7.97. The first-order valence-corrected chi connectivity index (χ1v) is 10.6. The van der Waals surface area contributed by atoms with Crippen molar-refractivity contribution in [3.8, 4) is 5.75 Å². The summed E-state index contributed by atoms with van der Waals surface area (Å²) in [7, 11) is 1.75. The Kier molecular flexibility index (Phi) is 5.09. The number of benzene rings is 3. The molecule has 7 nitrogen and oxygen atoms in total. The van der Waals surface area contributed by atoms with Gasteiger partial charge in [-0.1, -0.05) is 48.5 Å². The molecule has 5 rings (SSSR count). The van der Waals surface area contributed by atoms with Gasteiger partial charge in [-0.3, -0.25) is 19.8 Å². The summed E-state index contributed by atoms with van der Waals surface area (Å²) in [4.78, 5) is 26.9. The molecule has 0 aliphatic carbocycles. The highest BCUT2D eigenvalue weighted by molar-refractivity contribution is 6.06. The number of amides is 1. The molecule has 1 saturated heterocycles. The third-order valence-corrected chi connectivity index (χ3v) is 6.70. The van der Waals surface area contributed by atoms with E-state index < -0.39 is 17.5 Å². The summed E-state index contributed by atoms with van der Waals surface area (Å²) >= 11 is 0. The van der Waals surface area contributed by atoms with Gasteiger partial charge in [-0.15, -0.1) is 0 Å². The molecule has 1 amide bonds. The molecule has 0 aromatic heterocycles. The van der Waals surface area contributed by atoms with Crippen LogP contribution in [0.15, 0.2) is 72.8 Å². The maximum atomic E-state index is 13.8. The van der Waals surface area contributed by atoms with Gasteiger partial charge in [0.1, 0.15) is 18.2 Å². The summed E-state index contributed by atoms with van der Waals surface area (Å²) in [6, 6.07) is 19.4. The maximum absolute atomic E-state index is 13.8. The van der Waals surface area contributed by atoms with Gasteiger partial charge >= 0.3 is 0 Å². The van der Waals surface area contributed by atoms with E-state index in [1.165, 1.54) is 6.07 Å². The van der Waals surface area contributed by atoms with E-state index in [-0.39, 0.29) is 23.3 Å². The predicted molar refractivity (Wildman–Crippen MR) is 120 cm³/mol. The van der Waals surface area contributed by atoms with Gasteiger partial charge in [0.2, 0.25) is 0 Å². The second-order valence-corrected chi connectivity index (χ2v) is 8.43. The van der Waals surface area contributed by atoms with Crippen LogP contribution in [0.25, 0.3) is 0 Å². The summed E-state index contributed by atoms with van der Waals surface area (Å²) in [6.45, 7) is 0.429. The molecule has 3 aromatic carbocycles. The van der Waals surface area contributed by atoms with Crippen molar-refractivity contribution in [1.82, 2.24) is 4.90 Å². The quantitative estimate of drug-likeness (QED) is 0.473. The van der Waals surface area contributed by atoms with Gasteiger partial charge in [0, 0.05) is 28.3 Å². The number of halogens is 1. The van der Waals surface area contributed by atoms with Crippen LogP contribution in [-0.2, 0) is 16.9 Å². The van der Waals surface area contributed by atoms with Gasteiger partial charge in [-0.2, -0.15) is 0 Å². The predicted octanol–water partition coefficient (Wildman–Crippen LogP) is 3.93. The van der Waals surface area contributed by atoms with Crippen LogP contribution in [0.3, 0.4) is 0 Å². The molecule has 168 valence electrons. The topological polar surface area (TPSA) is 84.7 Å². The molecule has 2 aliphatic heterocycles. The molecule has 0 saturated carbocycles. The van der Waals surface area contributed by atoms with E-state index in [0.717, 1.165) is 5.56 Å². The fourth-order valence-electron chi connectivity index (χ4n) is 5.17. The molecule has 3 aromatic rings. The number of likely N-dealkylation sites (tertiary alicyclic amines) is 1. The number of carbonyl (C=O) groups is 1. The molecule has 8 heteroatoms. The molecular formula is C25H22FN3O4. The Hall–Kier alpha value is -3.78. The van der Waals surface area contributed by atoms with Crippen LogP contribution in [0.5, 0.6) is 5.75 Å². The summed E-state index contributed by atoms with van der Waals surface area (Å²) in [5.41, 5.74) is 1.06. The number of para-hydroxylation sites is 1. The third kappa shape index (κ3) is 3.25. The zero-order valence-electron chi connectivity index (χ0n) is 17.9. The van der Waals surface area contributed by atoms with E-state index >= 15 is 0 Å². The van der Waals surface area contributed by atoms with Crippen LogP contribution in [0.4, 0.5) is 10.1 Å². The standard InChI is InChI=1S/C25H22FN3O4/c1-28-14-19(16-10-12-18(13-11-16)33-15-17-6-2-4-8-21(17)26)23(29(31)32)25(28)20-7-3-5-9-22(20)27-24(25)30/h2-13,19,23H,14-15H2,1H3,(H,27,30)/t19-,23+,25+/m1/s1. The van der Waals surface area contributed by atoms with Gasteiger partial charge in [-0.25, -0.2) is 4.39 Å². The van der Waals surface area contributed by atoms with E-state index in [9.17, 15) is 19.3 Å². The Bertz CT molecular complexity index is 1230. The molecule has 2 aliphatic rings. The normalized spacial score (nSPS) is 24.0. The zero-order chi connectivity index (χ0) is 23.2. The number of nitro groups is 1. The molecule has 1 N–H and O–H groups in total. The molecule has 3 atom stereocenters. The van der Waals surface area contributed by atoms with Crippen LogP contribution in [-0.4, -0.2) is 35.4 Å². The highest BCUT2D eigenvalue weighted by Gasteiger charge is 2.68. The average molecular weight is 447 g/mol. The first-order valence-electron chi connectivity index (χ1n) is 10.6. The fraction of sp³-hybridized carbons (Fsp3) is 0.240. The number of carbonyl (C=O) groups excluding carboxylic acids is 1. The SMILES string of the molecule is CN1C[C@H](c2ccc(OCc3ccccc3F)cc2)[C@H]([N+](=O)[O-])[C@@]12C(=O)Nc1ccccc12. The minimum absolute atomic E-state index is 0.0791.